The van der Waals surface area contributed by atoms with E-state index in [1.165, 1.54) is 11.1 Å². The van der Waals surface area contributed by atoms with Gasteiger partial charge < -0.3 is 34.9 Å². The summed E-state index contributed by atoms with van der Waals surface area (Å²) < 4.78 is 45.5. The van der Waals surface area contributed by atoms with Crippen LogP contribution in [-0.4, -0.2) is 96.5 Å². The Morgan fingerprint density at radius 3 is 2.58 bits per heavy atom. The van der Waals surface area contributed by atoms with Gasteiger partial charge >= 0.3 is 6.09 Å². The van der Waals surface area contributed by atoms with Crippen molar-refractivity contribution in [2.45, 2.75) is 101 Å². The van der Waals surface area contributed by atoms with Gasteiger partial charge in [0, 0.05) is 23.1 Å². The van der Waals surface area contributed by atoms with Crippen LogP contribution in [0.15, 0.2) is 36.5 Å². The molecule has 16 heteroatoms. The molecule has 3 fully saturated rings. The minimum atomic E-state index is -3.91. The lowest BCUT2D eigenvalue weighted by molar-refractivity contribution is -0.142. The van der Waals surface area contributed by atoms with Crippen LogP contribution in [0.1, 0.15) is 72.1 Å². The molecule has 2 saturated carbocycles. The van der Waals surface area contributed by atoms with E-state index in [1.807, 2.05) is 32.9 Å². The summed E-state index contributed by atoms with van der Waals surface area (Å²) >= 11 is 0. The van der Waals surface area contributed by atoms with Gasteiger partial charge in [-0.3, -0.25) is 19.1 Å². The molecule has 53 heavy (non-hydrogen) atoms. The number of carbonyl (C=O) groups excluding carboxylic acids is 3. The van der Waals surface area contributed by atoms with Crippen LogP contribution in [0.2, 0.25) is 0 Å². The molecule has 0 bridgehead atoms. The van der Waals surface area contributed by atoms with Crippen molar-refractivity contribution in [3.8, 4) is 17.4 Å². The number of fused-ring (bicyclic) bond motifs is 3. The second kappa shape index (κ2) is 15.4. The van der Waals surface area contributed by atoms with Crippen LogP contribution in [0.4, 0.5) is 4.79 Å². The monoisotopic (exact) mass is 755 g/mol. The zero-order valence-corrected chi connectivity index (χ0v) is 31.3. The van der Waals surface area contributed by atoms with Crippen molar-refractivity contribution >= 4 is 44.6 Å². The van der Waals surface area contributed by atoms with E-state index in [4.69, 9.17) is 14.2 Å². The van der Waals surface area contributed by atoms with Crippen LogP contribution in [0.3, 0.4) is 0 Å². The largest absolute Gasteiger partial charge is 0.497 e. The van der Waals surface area contributed by atoms with E-state index in [1.54, 1.807) is 25.3 Å². The number of pyridine rings is 1. The van der Waals surface area contributed by atoms with Gasteiger partial charge in [0.2, 0.25) is 27.7 Å². The molecule has 4 N–H and O–H groups in total. The molecule has 2 aliphatic heterocycles. The molecule has 1 aromatic carbocycles. The number of methoxy groups -OCH3 is 1. The minimum Gasteiger partial charge on any atom is -0.497 e. The second-order valence-corrected chi connectivity index (χ2v) is 16.6. The topological polar surface area (TPSA) is 203 Å². The molecule has 7 atom stereocenters. The quantitative estimate of drug-likeness (QED) is 0.259. The van der Waals surface area contributed by atoms with Gasteiger partial charge in [-0.15, -0.1) is 0 Å². The molecule has 1 saturated heterocycles. The van der Waals surface area contributed by atoms with Gasteiger partial charge in [-0.1, -0.05) is 32.4 Å². The van der Waals surface area contributed by atoms with E-state index in [0.29, 0.717) is 61.0 Å². The van der Waals surface area contributed by atoms with Crippen molar-refractivity contribution in [2.75, 3.05) is 20.3 Å². The van der Waals surface area contributed by atoms with Gasteiger partial charge in [-0.25, -0.2) is 18.2 Å². The molecule has 2 aromatic rings. The fourth-order valence-electron chi connectivity index (χ4n) is 7.67. The number of allylic oxidation sites excluding steroid dienone is 1. The van der Waals surface area contributed by atoms with Gasteiger partial charge in [-0.05, 0) is 75.5 Å². The molecule has 4 aliphatic rings. The van der Waals surface area contributed by atoms with Crippen molar-refractivity contribution < 1.29 is 46.9 Å². The maximum Gasteiger partial charge on any atom is 0.405 e. The first-order chi connectivity index (χ1) is 25.3. The highest BCUT2D eigenvalue weighted by Gasteiger charge is 2.62. The summed E-state index contributed by atoms with van der Waals surface area (Å²) in [6.45, 7) is 6.13. The Balaban J connectivity index is 1.36. The summed E-state index contributed by atoms with van der Waals surface area (Å²) in [5.74, 6) is -1.41. The first-order valence-electron chi connectivity index (χ1n) is 18.4. The Labute approximate surface area is 309 Å². The number of hydrogen-bond donors (Lipinski definition) is 4. The molecule has 15 nitrogen and oxygen atoms in total. The molecule has 3 heterocycles. The van der Waals surface area contributed by atoms with Crippen molar-refractivity contribution in [3.05, 3.63) is 36.5 Å². The fourth-order valence-corrected chi connectivity index (χ4v) is 9.03. The third-order valence-corrected chi connectivity index (χ3v) is 12.7. The predicted molar refractivity (Wildman–Crippen MR) is 194 cm³/mol. The lowest BCUT2D eigenvalue weighted by atomic mass is 9.85. The highest BCUT2D eigenvalue weighted by Crippen LogP contribution is 2.46. The molecule has 0 spiro atoms. The third-order valence-electron chi connectivity index (χ3n) is 10.9. The lowest BCUT2D eigenvalue weighted by Crippen LogP contribution is -2.59. The average molecular weight is 756 g/mol. The van der Waals surface area contributed by atoms with E-state index in [0.717, 1.165) is 6.42 Å². The Kier molecular flexibility index (Phi) is 11.1. The van der Waals surface area contributed by atoms with Crippen LogP contribution < -0.4 is 29.6 Å². The second-order valence-electron chi connectivity index (χ2n) is 14.6. The van der Waals surface area contributed by atoms with E-state index >= 15 is 0 Å². The fraction of sp³-hybridized carbons (Fsp3) is 0.595. The van der Waals surface area contributed by atoms with E-state index < -0.39 is 68.7 Å². The van der Waals surface area contributed by atoms with Gasteiger partial charge in [0.05, 0.1) is 31.7 Å². The number of sulfonamides is 1. The summed E-state index contributed by atoms with van der Waals surface area (Å²) in [5.41, 5.74) is -1.54. The number of ether oxygens (including phenoxy) is 3. The van der Waals surface area contributed by atoms with Crippen molar-refractivity contribution in [1.29, 1.82) is 0 Å². The summed E-state index contributed by atoms with van der Waals surface area (Å²) in [6.07, 6.45) is 6.76. The summed E-state index contributed by atoms with van der Waals surface area (Å²) in [6, 6.07) is 3.01. The maximum atomic E-state index is 14.5. The SMILES string of the molecule is CCOc1cnc(O[C@@H]2C[C@H]3C(=O)N[C@]4(C(=O)NS(=O)(=O)C5CC5)C[C@H]4C=CCC[C@@H](C)C[C@@H](CC)[C@H](NC(=O)O)C(=O)N3C2)c2ccc(OC)cc12. The first-order valence-corrected chi connectivity index (χ1v) is 20.0. The number of carbonyl (C=O) groups is 4. The summed E-state index contributed by atoms with van der Waals surface area (Å²) in [5, 5.41) is 15.8. The van der Waals surface area contributed by atoms with Crippen molar-refractivity contribution in [1.82, 2.24) is 25.2 Å². The van der Waals surface area contributed by atoms with Gasteiger partial charge in [0.15, 0.2) is 0 Å². The van der Waals surface area contributed by atoms with Crippen molar-refractivity contribution in [3.63, 3.8) is 0 Å². The third kappa shape index (κ3) is 8.16. The van der Waals surface area contributed by atoms with Crippen LogP contribution in [0.5, 0.6) is 17.4 Å². The Morgan fingerprint density at radius 2 is 1.91 bits per heavy atom. The number of aromatic nitrogens is 1. The highest BCUT2D eigenvalue weighted by atomic mass is 32.2. The molecular formula is C37H49N5O10S. The van der Waals surface area contributed by atoms with Crippen LogP contribution in [-0.2, 0) is 24.4 Å². The number of rotatable bonds is 10. The molecule has 4 amide bonds. The van der Waals surface area contributed by atoms with Gasteiger partial charge in [0.1, 0.15) is 35.2 Å². The molecule has 1 aromatic heterocycles. The molecule has 6 rings (SSSR count). The number of nitrogens with zero attached hydrogens (tertiary/aromatic N) is 2. The summed E-state index contributed by atoms with van der Waals surface area (Å²) in [4.78, 5) is 60.6. The first kappa shape index (κ1) is 38.1. The zero-order valence-electron chi connectivity index (χ0n) is 30.5. The number of benzene rings is 1. The van der Waals surface area contributed by atoms with Gasteiger partial charge in [0.25, 0.3) is 5.91 Å². The van der Waals surface area contributed by atoms with E-state index in [-0.39, 0.29) is 37.1 Å². The smallest absolute Gasteiger partial charge is 0.405 e. The lowest BCUT2D eigenvalue weighted by Gasteiger charge is -2.33. The van der Waals surface area contributed by atoms with E-state index in [2.05, 4.69) is 20.3 Å². The standard InChI is InChI=1S/C37H49N5O10S/c1-5-22-15-21(3)9-7-8-10-23-18-37(23,35(45)41-53(48,49)26-12-13-26)40-32(43)29-17-25(20-42(29)34(44)31(22)39-36(46)47)52-33-27-14-11-24(50-4)16-28(27)30(19-38-33)51-6-2/h8,10-11,14,16,19,21-23,25-26,29,31,39H,5-7,9,12-13,15,17-18,20H2,1-4H3,(H,40,43)(H,41,45)(H,46,47)/t21-,22-,23-,25-,29+,31+,37-/m1/s1. The van der Waals surface area contributed by atoms with Crippen LogP contribution in [0.25, 0.3) is 10.8 Å². The maximum absolute atomic E-state index is 14.5. The molecule has 0 unspecified atom stereocenters. The van der Waals surface area contributed by atoms with Crippen molar-refractivity contribution in [2.24, 2.45) is 17.8 Å². The molecule has 2 aliphatic carbocycles. The number of amides is 4. The number of hydrogen-bond acceptors (Lipinski definition) is 10. The number of carboxylic acid groups (broad SMARTS) is 1. The summed E-state index contributed by atoms with van der Waals surface area (Å²) in [7, 11) is -2.36. The van der Waals surface area contributed by atoms with Crippen LogP contribution >= 0.6 is 0 Å². The molecule has 0 radical (unpaired) electrons. The predicted octanol–water partition coefficient (Wildman–Crippen LogP) is 3.51. The Hall–Kier alpha value is -4.60. The minimum absolute atomic E-state index is 0.00429. The van der Waals surface area contributed by atoms with Gasteiger partial charge in [-0.2, -0.15) is 0 Å². The van der Waals surface area contributed by atoms with Crippen LogP contribution in [0, 0.1) is 17.8 Å². The zero-order chi connectivity index (χ0) is 38.1. The van der Waals surface area contributed by atoms with E-state index in [9.17, 15) is 32.7 Å². The molecular weight excluding hydrogens is 706 g/mol. The average Bonchev–Trinajstić information content (AvgIpc) is 4.05. The molecule has 288 valence electrons. The Morgan fingerprint density at radius 1 is 1.13 bits per heavy atom. The Bertz CT molecular complexity index is 1880. The number of nitrogens with one attached hydrogen (secondary N) is 3. The highest BCUT2D eigenvalue weighted by molar-refractivity contribution is 7.91. The normalized spacial score (nSPS) is 29.2.